The van der Waals surface area contributed by atoms with Crippen molar-refractivity contribution < 1.29 is 0 Å². The largest absolute Gasteiger partial charge is 0.372 e. The summed E-state index contributed by atoms with van der Waals surface area (Å²) in [6.07, 6.45) is 3.62. The van der Waals surface area contributed by atoms with Gasteiger partial charge < -0.3 is 4.90 Å². The van der Waals surface area contributed by atoms with Crippen molar-refractivity contribution in [1.29, 1.82) is 0 Å². The molecule has 2 heterocycles. The third-order valence-corrected chi connectivity index (χ3v) is 3.14. The first-order chi connectivity index (χ1) is 7.72. The fourth-order valence-corrected chi connectivity index (χ4v) is 2.40. The Morgan fingerprint density at radius 3 is 2.94 bits per heavy atom. The minimum absolute atomic E-state index is 0.910. The van der Waals surface area contributed by atoms with E-state index in [1.165, 1.54) is 0 Å². The summed E-state index contributed by atoms with van der Waals surface area (Å²) in [5.74, 6) is 0. The maximum Gasteiger partial charge on any atom is 0.112 e. The lowest BCUT2D eigenvalue weighted by atomic mass is 10.2. The molecule has 0 saturated carbocycles. The average molecular weight is 345 g/mol. The van der Waals surface area contributed by atoms with Crippen LogP contribution in [0, 0.1) is 0 Å². The molecule has 0 N–H and O–H groups in total. The molecule has 16 heavy (non-hydrogen) atoms. The summed E-state index contributed by atoms with van der Waals surface area (Å²) in [6.45, 7) is 0.941. The first kappa shape index (κ1) is 11.8. The van der Waals surface area contributed by atoms with Crippen LogP contribution in [-0.2, 0) is 0 Å². The lowest BCUT2D eigenvalue weighted by Crippen LogP contribution is -2.19. The number of pyridine rings is 2. The molecule has 0 fully saturated rings. The van der Waals surface area contributed by atoms with Gasteiger partial charge in [-0.25, -0.2) is 0 Å². The molecule has 0 aliphatic rings. The molecule has 0 bridgehead atoms. The van der Waals surface area contributed by atoms with Gasteiger partial charge in [-0.15, -0.1) is 0 Å². The van der Waals surface area contributed by atoms with E-state index in [-0.39, 0.29) is 0 Å². The minimum atomic E-state index is 0.910. The number of hydrogen-bond donors (Lipinski definition) is 0. The average Bonchev–Trinajstić information content (AvgIpc) is 2.28. The van der Waals surface area contributed by atoms with Crippen LogP contribution >= 0.6 is 31.9 Å². The van der Waals surface area contributed by atoms with E-state index >= 15 is 0 Å². The molecule has 3 nitrogen and oxygen atoms in total. The fourth-order valence-electron chi connectivity index (χ4n) is 1.55. The number of alkyl halides is 1. The number of aromatic nitrogens is 2. The molecule has 0 aliphatic heterocycles. The van der Waals surface area contributed by atoms with E-state index in [1.807, 2.05) is 18.3 Å². The Morgan fingerprint density at radius 1 is 1.38 bits per heavy atom. The molecule has 2 rings (SSSR count). The molecule has 2 aromatic rings. The molecule has 0 atom stereocenters. The quantitative estimate of drug-likeness (QED) is 0.800. The number of nitrogens with zero attached hydrogens (tertiary/aromatic N) is 3. The molecule has 0 amide bonds. The Balaban J connectivity index is 2.53. The third kappa shape index (κ3) is 2.35. The molecule has 0 saturated heterocycles. The molecule has 5 heteroatoms. The fraction of sp³-hybridized carbons (Fsp3) is 0.273. The number of rotatable bonds is 3. The molecule has 2 aromatic heterocycles. The summed E-state index contributed by atoms with van der Waals surface area (Å²) in [4.78, 5) is 10.9. The van der Waals surface area contributed by atoms with Crippen LogP contribution < -0.4 is 4.90 Å². The van der Waals surface area contributed by atoms with Gasteiger partial charge in [0.15, 0.2) is 0 Å². The van der Waals surface area contributed by atoms with E-state index in [0.717, 1.165) is 33.1 Å². The summed E-state index contributed by atoms with van der Waals surface area (Å²) >= 11 is 6.84. The Hall–Kier alpha value is -0.680. The van der Waals surface area contributed by atoms with Crippen LogP contribution in [-0.4, -0.2) is 28.9 Å². The van der Waals surface area contributed by atoms with Crippen molar-refractivity contribution in [2.24, 2.45) is 0 Å². The molecular formula is C11H11Br2N3. The van der Waals surface area contributed by atoms with E-state index in [4.69, 9.17) is 0 Å². The molecule has 0 spiro atoms. The van der Waals surface area contributed by atoms with E-state index in [2.05, 4.69) is 53.8 Å². The summed E-state index contributed by atoms with van der Waals surface area (Å²) in [7, 11) is 2.06. The zero-order valence-corrected chi connectivity index (χ0v) is 12.0. The second-order valence-corrected chi connectivity index (χ2v) is 5.17. The van der Waals surface area contributed by atoms with Crippen molar-refractivity contribution in [2.75, 3.05) is 23.8 Å². The first-order valence-electron chi connectivity index (χ1n) is 4.89. The zero-order valence-electron chi connectivity index (χ0n) is 8.82. The topological polar surface area (TPSA) is 29.0 Å². The predicted octanol–water partition coefficient (Wildman–Crippen LogP) is 3.22. The Kier molecular flexibility index (Phi) is 3.76. The van der Waals surface area contributed by atoms with Gasteiger partial charge in [0.25, 0.3) is 0 Å². The van der Waals surface area contributed by atoms with E-state index < -0.39 is 0 Å². The smallest absolute Gasteiger partial charge is 0.112 e. The van der Waals surface area contributed by atoms with Crippen LogP contribution in [0.15, 0.2) is 29.0 Å². The van der Waals surface area contributed by atoms with Gasteiger partial charge in [-0.1, -0.05) is 15.9 Å². The van der Waals surface area contributed by atoms with Crippen molar-refractivity contribution in [3.63, 3.8) is 0 Å². The van der Waals surface area contributed by atoms with Crippen LogP contribution in [0.5, 0.6) is 0 Å². The molecule has 0 aromatic carbocycles. The van der Waals surface area contributed by atoms with Crippen LogP contribution in [0.3, 0.4) is 0 Å². The van der Waals surface area contributed by atoms with E-state index in [0.29, 0.717) is 0 Å². The minimum Gasteiger partial charge on any atom is -0.372 e. The predicted molar refractivity (Wildman–Crippen MR) is 74.3 cm³/mol. The van der Waals surface area contributed by atoms with Crippen LogP contribution in [0.25, 0.3) is 11.0 Å². The summed E-state index contributed by atoms with van der Waals surface area (Å²) in [6, 6.07) is 3.97. The summed E-state index contributed by atoms with van der Waals surface area (Å²) in [5.41, 5.74) is 2.96. The highest BCUT2D eigenvalue weighted by atomic mass is 79.9. The molecule has 0 radical (unpaired) electrons. The Morgan fingerprint density at radius 2 is 2.19 bits per heavy atom. The number of halogens is 2. The van der Waals surface area contributed by atoms with Crippen molar-refractivity contribution in [2.45, 2.75) is 0 Å². The summed E-state index contributed by atoms with van der Waals surface area (Å²) < 4.78 is 0.952. The third-order valence-electron chi connectivity index (χ3n) is 2.35. The van der Waals surface area contributed by atoms with Gasteiger partial charge in [0.05, 0.1) is 11.2 Å². The maximum absolute atomic E-state index is 4.42. The number of fused-ring (bicyclic) bond motifs is 1. The lowest BCUT2D eigenvalue weighted by Gasteiger charge is -2.18. The number of anilines is 1. The van der Waals surface area contributed by atoms with E-state index in [9.17, 15) is 0 Å². The second kappa shape index (κ2) is 5.10. The Labute approximate surface area is 111 Å². The van der Waals surface area contributed by atoms with Crippen LogP contribution in [0.2, 0.25) is 0 Å². The molecule has 84 valence electrons. The van der Waals surface area contributed by atoms with Crippen LogP contribution in [0.1, 0.15) is 0 Å². The van der Waals surface area contributed by atoms with Gasteiger partial charge in [-0.2, -0.15) is 0 Å². The zero-order chi connectivity index (χ0) is 11.5. The van der Waals surface area contributed by atoms with E-state index in [1.54, 1.807) is 6.20 Å². The lowest BCUT2D eigenvalue weighted by molar-refractivity contribution is 0.983. The molecular weight excluding hydrogens is 334 g/mol. The van der Waals surface area contributed by atoms with Crippen molar-refractivity contribution in [3.8, 4) is 0 Å². The highest BCUT2D eigenvalue weighted by Crippen LogP contribution is 2.24. The SMILES string of the molecule is CN(CCBr)c1ccnc2cc(Br)cnc12. The monoisotopic (exact) mass is 343 g/mol. The van der Waals surface area contributed by atoms with Gasteiger partial charge in [-0.05, 0) is 28.1 Å². The highest BCUT2D eigenvalue weighted by Gasteiger charge is 2.07. The van der Waals surface area contributed by atoms with Crippen molar-refractivity contribution >= 4 is 48.6 Å². The number of hydrogen-bond acceptors (Lipinski definition) is 3. The molecule has 0 unspecified atom stereocenters. The summed E-state index contributed by atoms with van der Waals surface area (Å²) in [5, 5.41) is 0.934. The normalized spacial score (nSPS) is 10.7. The standard InChI is InChI=1S/C11H11Br2N3/c1-16(5-3-12)10-2-4-14-9-6-8(13)7-15-11(9)10/h2,4,6-7H,3,5H2,1H3. The van der Waals surface area contributed by atoms with Crippen LogP contribution in [0.4, 0.5) is 5.69 Å². The van der Waals surface area contributed by atoms with Gasteiger partial charge >= 0.3 is 0 Å². The van der Waals surface area contributed by atoms with Crippen molar-refractivity contribution in [3.05, 3.63) is 29.0 Å². The van der Waals surface area contributed by atoms with Gasteiger partial charge in [-0.3, -0.25) is 9.97 Å². The van der Waals surface area contributed by atoms with Crippen molar-refractivity contribution in [1.82, 2.24) is 9.97 Å². The maximum atomic E-state index is 4.42. The first-order valence-corrected chi connectivity index (χ1v) is 6.81. The Bertz CT molecular complexity index is 502. The van der Waals surface area contributed by atoms with Gasteiger partial charge in [0.1, 0.15) is 5.52 Å². The highest BCUT2D eigenvalue weighted by molar-refractivity contribution is 9.10. The second-order valence-electron chi connectivity index (χ2n) is 3.46. The van der Waals surface area contributed by atoms with Gasteiger partial charge in [0, 0.05) is 35.8 Å². The molecule has 0 aliphatic carbocycles. The van der Waals surface area contributed by atoms with Gasteiger partial charge in [0.2, 0.25) is 0 Å².